The first-order chi connectivity index (χ1) is 9.00. The Kier molecular flexibility index (Phi) is 4.28. The van der Waals surface area contributed by atoms with Gasteiger partial charge in [0.15, 0.2) is 0 Å². The summed E-state index contributed by atoms with van der Waals surface area (Å²) in [4.78, 5) is 12.1. The molecule has 19 heavy (non-hydrogen) atoms. The maximum Gasteiger partial charge on any atom is 0.338 e. The van der Waals surface area contributed by atoms with Crippen LogP contribution in [0.5, 0.6) is 0 Å². The maximum absolute atomic E-state index is 12.1. The Morgan fingerprint density at radius 2 is 1.79 bits per heavy atom. The second-order valence-electron chi connectivity index (χ2n) is 6.29. The minimum Gasteiger partial charge on any atom is -0.456 e. The number of carbonyl (C=O) groups excluding carboxylic acids is 1. The predicted molar refractivity (Wildman–Crippen MR) is 77.1 cm³/mol. The fourth-order valence-corrected chi connectivity index (χ4v) is 2.88. The molecule has 0 bridgehead atoms. The zero-order valence-electron chi connectivity index (χ0n) is 12.2. The van der Waals surface area contributed by atoms with E-state index in [1.807, 2.05) is 30.3 Å². The van der Waals surface area contributed by atoms with E-state index in [-0.39, 0.29) is 11.6 Å². The van der Waals surface area contributed by atoms with Gasteiger partial charge in [-0.05, 0) is 56.6 Å². The summed E-state index contributed by atoms with van der Waals surface area (Å²) in [6.45, 7) is 6.64. The van der Waals surface area contributed by atoms with Crippen molar-refractivity contribution in [1.29, 1.82) is 0 Å². The van der Waals surface area contributed by atoms with Gasteiger partial charge in [0.1, 0.15) is 5.60 Å². The van der Waals surface area contributed by atoms with Crippen LogP contribution in [-0.4, -0.2) is 11.6 Å². The Morgan fingerprint density at radius 1 is 1.21 bits per heavy atom. The van der Waals surface area contributed by atoms with E-state index in [4.69, 9.17) is 4.74 Å². The molecule has 0 N–H and O–H groups in total. The molecule has 1 aromatic rings. The highest BCUT2D eigenvalue weighted by atomic mass is 16.6. The van der Waals surface area contributed by atoms with Gasteiger partial charge in [-0.25, -0.2) is 4.79 Å². The summed E-state index contributed by atoms with van der Waals surface area (Å²) in [6, 6.07) is 9.27. The standard InChI is InChI=1S/C17H24O2/c1-13(2)14-9-11-17(3,12-10-14)19-16(18)15-7-5-4-6-8-15/h4-8,13-14H,9-12H2,1-3H3. The van der Waals surface area contributed by atoms with Gasteiger partial charge in [-0.15, -0.1) is 0 Å². The fraction of sp³-hybridized carbons (Fsp3) is 0.588. The average molecular weight is 260 g/mol. The molecule has 1 aromatic carbocycles. The van der Waals surface area contributed by atoms with E-state index in [1.165, 1.54) is 0 Å². The SMILES string of the molecule is CC(C)C1CCC(C)(OC(=O)c2ccccc2)CC1. The third kappa shape index (κ3) is 3.59. The van der Waals surface area contributed by atoms with Crippen LogP contribution in [0.25, 0.3) is 0 Å². The van der Waals surface area contributed by atoms with Gasteiger partial charge in [0.05, 0.1) is 5.56 Å². The quantitative estimate of drug-likeness (QED) is 0.751. The average Bonchev–Trinajstić information content (AvgIpc) is 2.40. The molecule has 0 radical (unpaired) electrons. The lowest BCUT2D eigenvalue weighted by Gasteiger charge is -2.38. The second kappa shape index (κ2) is 5.77. The molecule has 1 saturated carbocycles. The maximum atomic E-state index is 12.1. The zero-order chi connectivity index (χ0) is 13.9. The van der Waals surface area contributed by atoms with Gasteiger partial charge in [-0.3, -0.25) is 0 Å². The van der Waals surface area contributed by atoms with Crippen molar-refractivity contribution < 1.29 is 9.53 Å². The van der Waals surface area contributed by atoms with Gasteiger partial charge in [-0.1, -0.05) is 32.0 Å². The predicted octanol–water partition coefficient (Wildman–Crippen LogP) is 4.45. The molecule has 2 rings (SSSR count). The summed E-state index contributed by atoms with van der Waals surface area (Å²) in [5.41, 5.74) is 0.368. The first-order valence-electron chi connectivity index (χ1n) is 7.28. The molecule has 0 spiro atoms. The number of hydrogen-bond donors (Lipinski definition) is 0. The fourth-order valence-electron chi connectivity index (χ4n) is 2.88. The summed E-state index contributed by atoms with van der Waals surface area (Å²) in [5.74, 6) is 1.32. The van der Waals surface area contributed by atoms with Crippen LogP contribution in [0, 0.1) is 11.8 Å². The van der Waals surface area contributed by atoms with Crippen LogP contribution in [-0.2, 0) is 4.74 Å². The van der Waals surface area contributed by atoms with Gasteiger partial charge in [0.2, 0.25) is 0 Å². The lowest BCUT2D eigenvalue weighted by Crippen LogP contribution is -2.37. The minimum atomic E-state index is -0.279. The molecule has 1 aliphatic carbocycles. The van der Waals surface area contributed by atoms with E-state index < -0.39 is 0 Å². The van der Waals surface area contributed by atoms with Crippen LogP contribution >= 0.6 is 0 Å². The number of benzene rings is 1. The van der Waals surface area contributed by atoms with E-state index in [9.17, 15) is 4.79 Å². The molecule has 0 amide bonds. The number of esters is 1. The van der Waals surface area contributed by atoms with Crippen LogP contribution in [0.1, 0.15) is 56.8 Å². The van der Waals surface area contributed by atoms with Crippen molar-refractivity contribution in [3.8, 4) is 0 Å². The highest BCUT2D eigenvalue weighted by Crippen LogP contribution is 2.38. The second-order valence-corrected chi connectivity index (χ2v) is 6.29. The summed E-state index contributed by atoms with van der Waals surface area (Å²) in [6.07, 6.45) is 4.29. The van der Waals surface area contributed by atoms with Gasteiger partial charge in [0.25, 0.3) is 0 Å². The molecule has 2 heteroatoms. The van der Waals surface area contributed by atoms with Crippen molar-refractivity contribution in [2.75, 3.05) is 0 Å². The summed E-state index contributed by atoms with van der Waals surface area (Å²) >= 11 is 0. The Balaban J connectivity index is 1.94. The smallest absolute Gasteiger partial charge is 0.338 e. The topological polar surface area (TPSA) is 26.3 Å². The molecule has 1 aliphatic rings. The Hall–Kier alpha value is -1.31. The van der Waals surface area contributed by atoms with E-state index in [0.29, 0.717) is 5.56 Å². The first kappa shape index (κ1) is 14.1. The molecule has 104 valence electrons. The molecule has 0 unspecified atom stereocenters. The molecule has 0 heterocycles. The van der Waals surface area contributed by atoms with Crippen molar-refractivity contribution in [2.45, 2.75) is 52.1 Å². The van der Waals surface area contributed by atoms with Crippen molar-refractivity contribution in [3.63, 3.8) is 0 Å². The van der Waals surface area contributed by atoms with Crippen molar-refractivity contribution in [1.82, 2.24) is 0 Å². The third-order valence-corrected chi connectivity index (χ3v) is 4.38. The molecule has 2 nitrogen and oxygen atoms in total. The van der Waals surface area contributed by atoms with Crippen LogP contribution in [0.15, 0.2) is 30.3 Å². The normalized spacial score (nSPS) is 27.3. The van der Waals surface area contributed by atoms with Gasteiger partial charge in [0, 0.05) is 0 Å². The molecule has 1 fully saturated rings. The highest BCUT2D eigenvalue weighted by molar-refractivity contribution is 5.89. The summed E-state index contributed by atoms with van der Waals surface area (Å²) in [5, 5.41) is 0. The molecule has 0 aliphatic heterocycles. The third-order valence-electron chi connectivity index (χ3n) is 4.38. The number of carbonyl (C=O) groups is 1. The molecular formula is C17H24O2. The van der Waals surface area contributed by atoms with Gasteiger partial charge >= 0.3 is 5.97 Å². The molecular weight excluding hydrogens is 236 g/mol. The minimum absolute atomic E-state index is 0.189. The number of ether oxygens (including phenoxy) is 1. The Bertz CT molecular complexity index is 414. The largest absolute Gasteiger partial charge is 0.456 e. The lowest BCUT2D eigenvalue weighted by atomic mass is 9.75. The van der Waals surface area contributed by atoms with E-state index in [1.54, 1.807) is 0 Å². The van der Waals surface area contributed by atoms with Crippen LogP contribution in [0.2, 0.25) is 0 Å². The van der Waals surface area contributed by atoms with Crippen LogP contribution in [0.3, 0.4) is 0 Å². The molecule has 0 atom stereocenters. The Morgan fingerprint density at radius 3 is 2.32 bits per heavy atom. The van der Waals surface area contributed by atoms with Gasteiger partial charge < -0.3 is 4.74 Å². The summed E-state index contributed by atoms with van der Waals surface area (Å²) in [7, 11) is 0. The lowest BCUT2D eigenvalue weighted by molar-refractivity contribution is -0.0371. The van der Waals surface area contributed by atoms with E-state index in [0.717, 1.165) is 37.5 Å². The molecule has 0 saturated heterocycles. The first-order valence-corrected chi connectivity index (χ1v) is 7.28. The van der Waals surface area contributed by atoms with Gasteiger partial charge in [-0.2, -0.15) is 0 Å². The molecule has 0 aromatic heterocycles. The van der Waals surface area contributed by atoms with Crippen molar-refractivity contribution in [2.24, 2.45) is 11.8 Å². The number of rotatable bonds is 3. The van der Waals surface area contributed by atoms with Crippen LogP contribution in [0.4, 0.5) is 0 Å². The van der Waals surface area contributed by atoms with E-state index in [2.05, 4.69) is 20.8 Å². The van der Waals surface area contributed by atoms with Crippen molar-refractivity contribution >= 4 is 5.97 Å². The Labute approximate surface area is 116 Å². The summed E-state index contributed by atoms with van der Waals surface area (Å²) < 4.78 is 5.75. The van der Waals surface area contributed by atoms with Crippen LogP contribution < -0.4 is 0 Å². The highest BCUT2D eigenvalue weighted by Gasteiger charge is 2.35. The number of hydrogen-bond acceptors (Lipinski definition) is 2. The monoisotopic (exact) mass is 260 g/mol. The zero-order valence-corrected chi connectivity index (χ0v) is 12.2. The van der Waals surface area contributed by atoms with Crippen molar-refractivity contribution in [3.05, 3.63) is 35.9 Å². The van der Waals surface area contributed by atoms with E-state index >= 15 is 0 Å².